The number of hydrogen-bond donors (Lipinski definition) is 2. The average molecular weight is 912 g/mol. The first-order valence-electron chi connectivity index (χ1n) is 24.3. The second-order valence-electron chi connectivity index (χ2n) is 21.1. The number of nitrogens with one attached hydrogen (secondary N) is 2. The van der Waals surface area contributed by atoms with Crippen molar-refractivity contribution in [3.63, 3.8) is 0 Å². The quantitative estimate of drug-likeness (QED) is 0.158. The predicted molar refractivity (Wildman–Crippen MR) is 288 cm³/mol. The maximum atomic E-state index is 6.74. The van der Waals surface area contributed by atoms with Crippen molar-refractivity contribution in [1.82, 2.24) is 9.55 Å². The van der Waals surface area contributed by atoms with Gasteiger partial charge in [-0.05, 0) is 129 Å². The lowest BCUT2D eigenvalue weighted by Crippen LogP contribution is -2.39. The van der Waals surface area contributed by atoms with Crippen molar-refractivity contribution in [3.05, 3.63) is 210 Å². The molecule has 3 aliphatic heterocycles. The van der Waals surface area contributed by atoms with E-state index < -0.39 is 0 Å². The van der Waals surface area contributed by atoms with Gasteiger partial charge in [-0.25, -0.2) is 4.98 Å². The van der Waals surface area contributed by atoms with Crippen LogP contribution in [0, 0.1) is 0 Å². The van der Waals surface area contributed by atoms with E-state index >= 15 is 0 Å². The molecule has 13 rings (SSSR count). The van der Waals surface area contributed by atoms with Gasteiger partial charge in [0.05, 0.1) is 39.5 Å². The van der Waals surface area contributed by atoms with E-state index in [4.69, 9.17) is 14.5 Å². The zero-order valence-electron chi connectivity index (χ0n) is 40.5. The van der Waals surface area contributed by atoms with Gasteiger partial charge in [-0.2, -0.15) is 0 Å². The van der Waals surface area contributed by atoms with Gasteiger partial charge in [-0.3, -0.25) is 4.57 Å². The van der Waals surface area contributed by atoms with Crippen LogP contribution in [0.4, 0.5) is 39.8 Å². The molecular weight excluding hydrogens is 859 g/mol. The molecule has 0 atom stereocenters. The van der Waals surface area contributed by atoms with E-state index in [0.717, 1.165) is 84.7 Å². The van der Waals surface area contributed by atoms with Crippen LogP contribution in [0.2, 0.25) is 0 Å². The van der Waals surface area contributed by atoms with Crippen LogP contribution in [-0.2, 0) is 16.2 Å². The molecule has 0 fully saturated rings. The van der Waals surface area contributed by atoms with Crippen LogP contribution in [0.15, 0.2) is 182 Å². The summed E-state index contributed by atoms with van der Waals surface area (Å²) < 4.78 is 15.7. The molecule has 7 nitrogen and oxygen atoms in total. The molecule has 5 heterocycles. The topological polar surface area (TPSA) is 63.6 Å². The van der Waals surface area contributed by atoms with Crippen molar-refractivity contribution >= 4 is 61.6 Å². The number of benzene rings is 8. The zero-order chi connectivity index (χ0) is 47.7. The van der Waals surface area contributed by atoms with Crippen molar-refractivity contribution in [2.75, 3.05) is 15.5 Å². The van der Waals surface area contributed by atoms with E-state index in [0.29, 0.717) is 0 Å². The summed E-state index contributed by atoms with van der Waals surface area (Å²) in [4.78, 5) is 7.43. The third kappa shape index (κ3) is 6.44. The van der Waals surface area contributed by atoms with Crippen LogP contribution in [0.25, 0.3) is 38.8 Å². The molecule has 2 N–H and O–H groups in total. The van der Waals surface area contributed by atoms with E-state index in [1.165, 1.54) is 44.6 Å². The molecule has 0 spiro atoms. The van der Waals surface area contributed by atoms with Gasteiger partial charge < -0.3 is 25.0 Å². The Labute approximate surface area is 409 Å². The minimum atomic E-state index is -0.285. The standard InChI is InChI=1S/C63H53N5O2/c1-61(2,3)40-30-31-64-57(33-40)67-53-29-26-39(38-16-9-8-10-17-38)32-46(53)45-28-27-44(37-54(45)67)69-43-19-13-18-41(34-43)65-51-22-11-12-23-52(51)66-42-35-49-58-50(36-42)63(6,7)48-21-15-25-56-60(48)68(58)59-47(62(49,4)5)20-14-24-55(59)70-56/h8-37,65-66H,1-7H3. The van der Waals surface area contributed by atoms with Crippen molar-refractivity contribution in [3.8, 4) is 39.9 Å². The van der Waals surface area contributed by atoms with E-state index in [2.05, 4.69) is 232 Å². The SMILES string of the molecule is CC(C)(C)c1ccnc(-n2c3ccc(-c4ccccc4)cc3c3ccc(Oc4cccc(Nc5ccccc5Nc5cc6c7c(c5)C(C)(C)c5cccc8c5N7c5c(cccc5C6(C)C)O8)c4)cc32)c1. The molecule has 3 aliphatic rings. The summed E-state index contributed by atoms with van der Waals surface area (Å²) in [6.45, 7) is 16.1. The molecule has 0 saturated heterocycles. The van der Waals surface area contributed by atoms with Crippen molar-refractivity contribution in [2.24, 2.45) is 0 Å². The molecule has 0 saturated carbocycles. The molecular formula is C63H53N5O2. The Morgan fingerprint density at radius 3 is 1.83 bits per heavy atom. The lowest BCUT2D eigenvalue weighted by atomic mass is 9.66. The number of fused-ring (bicyclic) bond motifs is 3. The Balaban J connectivity index is 0.837. The fourth-order valence-corrected chi connectivity index (χ4v) is 11.2. The summed E-state index contributed by atoms with van der Waals surface area (Å²) in [6, 6.07) is 62.3. The Bertz CT molecular complexity index is 3700. The minimum absolute atomic E-state index is 0.0350. The molecule has 2 aromatic heterocycles. The lowest BCUT2D eigenvalue weighted by Gasteiger charge is -2.51. The second-order valence-corrected chi connectivity index (χ2v) is 21.1. The van der Waals surface area contributed by atoms with Crippen molar-refractivity contribution in [2.45, 2.75) is 64.7 Å². The number of nitrogens with zero attached hydrogens (tertiary/aromatic N) is 3. The number of rotatable bonds is 8. The third-order valence-corrected chi connectivity index (χ3v) is 14.9. The number of pyridine rings is 1. The van der Waals surface area contributed by atoms with Gasteiger partial charge in [0.2, 0.25) is 0 Å². The highest BCUT2D eigenvalue weighted by molar-refractivity contribution is 6.11. The summed E-state index contributed by atoms with van der Waals surface area (Å²) >= 11 is 0. The smallest absolute Gasteiger partial charge is 0.151 e. The Morgan fingerprint density at radius 2 is 1.14 bits per heavy atom. The maximum Gasteiger partial charge on any atom is 0.151 e. The van der Waals surface area contributed by atoms with Gasteiger partial charge in [0, 0.05) is 51.3 Å². The monoisotopic (exact) mass is 911 g/mol. The van der Waals surface area contributed by atoms with Gasteiger partial charge in [0.1, 0.15) is 17.3 Å². The van der Waals surface area contributed by atoms with E-state index in [9.17, 15) is 0 Å². The first kappa shape index (κ1) is 41.9. The van der Waals surface area contributed by atoms with Crippen LogP contribution in [0.5, 0.6) is 23.0 Å². The summed E-state index contributed by atoms with van der Waals surface area (Å²) in [7, 11) is 0. The molecule has 10 aromatic rings. The highest BCUT2D eigenvalue weighted by Crippen LogP contribution is 2.66. The molecule has 0 unspecified atom stereocenters. The number of anilines is 7. The fraction of sp³-hybridized carbons (Fsp3) is 0.159. The van der Waals surface area contributed by atoms with Crippen LogP contribution in [-0.4, -0.2) is 9.55 Å². The first-order valence-corrected chi connectivity index (χ1v) is 24.3. The third-order valence-electron chi connectivity index (χ3n) is 14.9. The maximum absolute atomic E-state index is 6.74. The average Bonchev–Trinajstić information content (AvgIpc) is 3.68. The molecule has 70 heavy (non-hydrogen) atoms. The fourth-order valence-electron chi connectivity index (χ4n) is 11.2. The number of hydrogen-bond acceptors (Lipinski definition) is 6. The Hall–Kier alpha value is -8.29. The highest BCUT2D eigenvalue weighted by atomic mass is 16.5. The predicted octanol–water partition coefficient (Wildman–Crippen LogP) is 17.3. The van der Waals surface area contributed by atoms with E-state index in [1.807, 2.05) is 18.3 Å². The molecule has 0 bridgehead atoms. The van der Waals surface area contributed by atoms with Crippen LogP contribution >= 0.6 is 0 Å². The van der Waals surface area contributed by atoms with Crippen LogP contribution in [0.1, 0.15) is 76.3 Å². The zero-order valence-corrected chi connectivity index (χ0v) is 40.5. The summed E-state index contributed by atoms with van der Waals surface area (Å²) in [5.41, 5.74) is 17.6. The molecule has 0 radical (unpaired) electrons. The lowest BCUT2D eigenvalue weighted by molar-refractivity contribution is 0.464. The molecule has 7 heteroatoms. The first-order chi connectivity index (χ1) is 33.8. The summed E-state index contributed by atoms with van der Waals surface area (Å²) in [6.07, 6.45) is 1.92. The molecule has 0 aliphatic carbocycles. The van der Waals surface area contributed by atoms with Gasteiger partial charge >= 0.3 is 0 Å². The van der Waals surface area contributed by atoms with Gasteiger partial charge in [0.15, 0.2) is 11.5 Å². The normalized spacial score (nSPS) is 14.5. The van der Waals surface area contributed by atoms with E-state index in [1.54, 1.807) is 0 Å². The van der Waals surface area contributed by atoms with Crippen molar-refractivity contribution in [1.29, 1.82) is 0 Å². The highest BCUT2D eigenvalue weighted by Gasteiger charge is 2.49. The van der Waals surface area contributed by atoms with E-state index in [-0.39, 0.29) is 16.2 Å². The summed E-state index contributed by atoms with van der Waals surface area (Å²) in [5.74, 6) is 4.15. The van der Waals surface area contributed by atoms with Crippen molar-refractivity contribution < 1.29 is 9.47 Å². The van der Waals surface area contributed by atoms with Gasteiger partial charge in [-0.15, -0.1) is 0 Å². The molecule has 342 valence electrons. The second kappa shape index (κ2) is 15.1. The van der Waals surface area contributed by atoms with Gasteiger partial charge in [-0.1, -0.05) is 127 Å². The number of para-hydroxylation sites is 4. The number of aromatic nitrogens is 2. The Kier molecular flexibility index (Phi) is 9.03. The number of ether oxygens (including phenoxy) is 2. The molecule has 0 amide bonds. The summed E-state index contributed by atoms with van der Waals surface area (Å²) in [5, 5.41) is 9.92. The van der Waals surface area contributed by atoms with Crippen LogP contribution in [0.3, 0.4) is 0 Å². The largest absolute Gasteiger partial charge is 0.457 e. The molecule has 8 aromatic carbocycles. The van der Waals surface area contributed by atoms with Crippen LogP contribution < -0.4 is 25.0 Å². The Morgan fingerprint density at radius 1 is 0.500 bits per heavy atom. The minimum Gasteiger partial charge on any atom is -0.457 e. The van der Waals surface area contributed by atoms with Gasteiger partial charge in [0.25, 0.3) is 0 Å².